The van der Waals surface area contributed by atoms with Gasteiger partial charge in [0.25, 0.3) is 0 Å². The van der Waals surface area contributed by atoms with Crippen molar-refractivity contribution in [1.29, 1.82) is 0 Å². The summed E-state index contributed by atoms with van der Waals surface area (Å²) in [5, 5.41) is 7.64. The van der Waals surface area contributed by atoms with E-state index in [1.807, 2.05) is 24.3 Å². The molecule has 0 N–H and O–H groups in total. The first-order valence-corrected chi connectivity index (χ1v) is 7.98. The Morgan fingerprint density at radius 1 is 1.20 bits per heavy atom. The fourth-order valence-electron chi connectivity index (χ4n) is 2.80. The van der Waals surface area contributed by atoms with Crippen molar-refractivity contribution in [2.75, 3.05) is 13.7 Å². The Morgan fingerprint density at radius 3 is 2.52 bits per heavy atom. The number of carbonyl (C=O) groups excluding carboxylic acids is 2. The molecule has 132 valence electrons. The number of piperazine rings is 1. The van der Waals surface area contributed by atoms with Crippen LogP contribution in [0.15, 0.2) is 28.7 Å². The van der Waals surface area contributed by atoms with Crippen LogP contribution in [0.5, 0.6) is 5.75 Å². The van der Waals surface area contributed by atoms with E-state index in [9.17, 15) is 9.59 Å². The third kappa shape index (κ3) is 3.62. The summed E-state index contributed by atoms with van der Waals surface area (Å²) in [5.41, 5.74) is 0.940. The van der Waals surface area contributed by atoms with E-state index < -0.39 is 6.04 Å². The minimum Gasteiger partial charge on any atom is -0.497 e. The molecule has 0 aliphatic carbocycles. The Hall–Kier alpha value is -2.90. The molecule has 0 unspecified atom stereocenters. The number of carbonyl (C=O) groups is 2. The summed E-state index contributed by atoms with van der Waals surface area (Å²) in [6, 6.07) is 6.86. The highest BCUT2D eigenvalue weighted by Gasteiger charge is 2.37. The molecule has 8 nitrogen and oxygen atoms in total. The molecule has 1 atom stereocenters. The molecule has 0 saturated carbocycles. The normalized spacial score (nSPS) is 18.0. The number of aromatic nitrogens is 2. The van der Waals surface area contributed by atoms with Crippen LogP contribution in [0.25, 0.3) is 0 Å². The third-order valence-corrected chi connectivity index (χ3v) is 4.19. The minimum atomic E-state index is -0.577. The van der Waals surface area contributed by atoms with Crippen LogP contribution >= 0.6 is 0 Å². The van der Waals surface area contributed by atoms with E-state index in [-0.39, 0.29) is 24.9 Å². The van der Waals surface area contributed by atoms with Gasteiger partial charge in [0, 0.05) is 13.5 Å². The van der Waals surface area contributed by atoms with Crippen molar-refractivity contribution < 1.29 is 18.7 Å². The quantitative estimate of drug-likeness (QED) is 0.808. The van der Waals surface area contributed by atoms with Gasteiger partial charge >= 0.3 is 0 Å². The number of hydrogen-bond donors (Lipinski definition) is 0. The van der Waals surface area contributed by atoms with Gasteiger partial charge in [-0.25, -0.2) is 0 Å². The molecule has 2 aromatic rings. The average molecular weight is 344 g/mol. The Kier molecular flexibility index (Phi) is 4.69. The highest BCUT2D eigenvalue weighted by molar-refractivity contribution is 5.94. The van der Waals surface area contributed by atoms with Gasteiger partial charge in [-0.2, -0.15) is 0 Å². The summed E-state index contributed by atoms with van der Waals surface area (Å²) < 4.78 is 10.4. The van der Waals surface area contributed by atoms with Crippen molar-refractivity contribution in [2.24, 2.45) is 0 Å². The summed E-state index contributed by atoms with van der Waals surface area (Å²) in [7, 11) is 1.60. The maximum Gasteiger partial charge on any atom is 0.245 e. The molecule has 0 bridgehead atoms. The van der Waals surface area contributed by atoms with Crippen LogP contribution < -0.4 is 4.74 Å². The number of amides is 2. The van der Waals surface area contributed by atoms with Gasteiger partial charge in [-0.1, -0.05) is 12.1 Å². The van der Waals surface area contributed by atoms with E-state index in [0.29, 0.717) is 18.3 Å². The van der Waals surface area contributed by atoms with Gasteiger partial charge in [0.05, 0.1) is 13.7 Å². The molecule has 25 heavy (non-hydrogen) atoms. The Labute approximate surface area is 145 Å². The zero-order valence-electron chi connectivity index (χ0n) is 14.4. The van der Waals surface area contributed by atoms with E-state index in [2.05, 4.69) is 10.2 Å². The van der Waals surface area contributed by atoms with Crippen LogP contribution in [0.3, 0.4) is 0 Å². The first kappa shape index (κ1) is 16.9. The summed E-state index contributed by atoms with van der Waals surface area (Å²) >= 11 is 0. The molecule has 0 spiro atoms. The second-order valence-corrected chi connectivity index (χ2v) is 5.95. The van der Waals surface area contributed by atoms with Gasteiger partial charge in [0.2, 0.25) is 23.6 Å². The van der Waals surface area contributed by atoms with E-state index >= 15 is 0 Å². The van der Waals surface area contributed by atoms with E-state index in [1.54, 1.807) is 25.9 Å². The zero-order valence-corrected chi connectivity index (χ0v) is 14.4. The predicted molar refractivity (Wildman–Crippen MR) is 87.5 cm³/mol. The Bertz CT molecular complexity index is 771. The minimum absolute atomic E-state index is 0.0301. The zero-order chi connectivity index (χ0) is 18.0. The van der Waals surface area contributed by atoms with Gasteiger partial charge in [0.1, 0.15) is 18.3 Å². The average Bonchev–Trinajstić information content (AvgIpc) is 3.02. The molecular weight excluding hydrogens is 324 g/mol. The highest BCUT2D eigenvalue weighted by atomic mass is 16.5. The molecule has 1 saturated heterocycles. The molecular formula is C17H20N4O4. The van der Waals surface area contributed by atoms with E-state index in [4.69, 9.17) is 9.15 Å². The SMILES string of the molecule is COc1ccc(CN2CC(=O)N(Cc3nnc(C)o3)[C@@H](C)C2=O)cc1. The van der Waals surface area contributed by atoms with Crippen molar-refractivity contribution in [1.82, 2.24) is 20.0 Å². The van der Waals surface area contributed by atoms with E-state index in [0.717, 1.165) is 11.3 Å². The molecule has 2 amide bonds. The van der Waals surface area contributed by atoms with Gasteiger partial charge in [0.15, 0.2) is 0 Å². The number of hydrogen-bond acceptors (Lipinski definition) is 6. The van der Waals surface area contributed by atoms with Crippen LogP contribution in [0.2, 0.25) is 0 Å². The summed E-state index contributed by atoms with van der Waals surface area (Å²) in [6.07, 6.45) is 0. The van der Waals surface area contributed by atoms with Crippen LogP contribution in [-0.2, 0) is 22.7 Å². The highest BCUT2D eigenvalue weighted by Crippen LogP contribution is 2.19. The molecule has 2 heterocycles. The summed E-state index contributed by atoms with van der Waals surface area (Å²) in [4.78, 5) is 28.2. The van der Waals surface area contributed by atoms with Crippen molar-refractivity contribution in [3.05, 3.63) is 41.6 Å². The van der Waals surface area contributed by atoms with Crippen LogP contribution in [-0.4, -0.2) is 51.5 Å². The first-order chi connectivity index (χ1) is 12.0. The number of methoxy groups -OCH3 is 1. The summed E-state index contributed by atoms with van der Waals surface area (Å²) in [5.74, 6) is 1.26. The lowest BCUT2D eigenvalue weighted by Crippen LogP contribution is -2.58. The number of nitrogens with zero attached hydrogens (tertiary/aromatic N) is 4. The molecule has 8 heteroatoms. The molecule has 1 aromatic heterocycles. The van der Waals surface area contributed by atoms with Crippen molar-refractivity contribution >= 4 is 11.8 Å². The van der Waals surface area contributed by atoms with Crippen molar-refractivity contribution in [3.8, 4) is 5.75 Å². The Morgan fingerprint density at radius 2 is 1.92 bits per heavy atom. The summed E-state index contributed by atoms with van der Waals surface area (Å²) in [6.45, 7) is 3.95. The van der Waals surface area contributed by atoms with Gasteiger partial charge in [-0.15, -0.1) is 10.2 Å². The molecule has 3 rings (SSSR count). The topological polar surface area (TPSA) is 88.8 Å². The Balaban J connectivity index is 1.68. The number of rotatable bonds is 5. The smallest absolute Gasteiger partial charge is 0.245 e. The second kappa shape index (κ2) is 6.92. The molecule has 1 aromatic carbocycles. The van der Waals surface area contributed by atoms with Crippen molar-refractivity contribution in [2.45, 2.75) is 33.0 Å². The molecule has 0 radical (unpaired) electrons. The van der Waals surface area contributed by atoms with Crippen molar-refractivity contribution in [3.63, 3.8) is 0 Å². The maximum absolute atomic E-state index is 12.6. The van der Waals surface area contributed by atoms with Crippen LogP contribution in [0, 0.1) is 6.92 Å². The van der Waals surface area contributed by atoms with Gasteiger partial charge in [-0.05, 0) is 24.6 Å². The predicted octanol–water partition coefficient (Wildman–Crippen LogP) is 1.15. The van der Waals surface area contributed by atoms with E-state index in [1.165, 1.54) is 4.90 Å². The monoisotopic (exact) mass is 344 g/mol. The lowest BCUT2D eigenvalue weighted by Gasteiger charge is -2.38. The maximum atomic E-state index is 12.6. The lowest BCUT2D eigenvalue weighted by atomic mass is 10.1. The number of aryl methyl sites for hydroxylation is 1. The van der Waals surface area contributed by atoms with Crippen LogP contribution in [0.1, 0.15) is 24.3 Å². The molecule has 1 fully saturated rings. The number of ether oxygens (including phenoxy) is 1. The fourth-order valence-corrected chi connectivity index (χ4v) is 2.80. The largest absolute Gasteiger partial charge is 0.497 e. The lowest BCUT2D eigenvalue weighted by molar-refractivity contribution is -0.156. The third-order valence-electron chi connectivity index (χ3n) is 4.19. The number of benzene rings is 1. The van der Waals surface area contributed by atoms with Gasteiger partial charge < -0.3 is 19.0 Å². The fraction of sp³-hybridized carbons (Fsp3) is 0.412. The van der Waals surface area contributed by atoms with Crippen LogP contribution in [0.4, 0.5) is 0 Å². The van der Waals surface area contributed by atoms with Gasteiger partial charge in [-0.3, -0.25) is 9.59 Å². The molecule has 1 aliphatic rings. The molecule has 1 aliphatic heterocycles. The second-order valence-electron chi connectivity index (χ2n) is 5.95. The first-order valence-electron chi connectivity index (χ1n) is 7.98. The standard InChI is InChI=1S/C17H20N4O4/c1-11-17(23)20(8-13-4-6-14(24-3)7-5-13)10-16(22)21(11)9-15-19-18-12(2)25-15/h4-7,11H,8-10H2,1-3H3/t11-/m0/s1.